The van der Waals surface area contributed by atoms with Gasteiger partial charge in [-0.3, -0.25) is 9.59 Å². The predicted molar refractivity (Wildman–Crippen MR) is 269 cm³/mol. The highest BCUT2D eigenvalue weighted by molar-refractivity contribution is 5.73. The topological polar surface area (TPSA) is 119 Å². The van der Waals surface area contributed by atoms with Crippen molar-refractivity contribution in [2.45, 2.75) is 183 Å². The number of carbonyl (C=O) groups is 2. The molecule has 2 heterocycles. The average molecular weight is 937 g/mol. The van der Waals surface area contributed by atoms with Crippen LogP contribution < -0.4 is 9.47 Å². The lowest BCUT2D eigenvalue weighted by molar-refractivity contribution is -0.154. The highest BCUT2D eigenvalue weighted by atomic mass is 16.8. The summed E-state index contributed by atoms with van der Waals surface area (Å²) in [5.74, 6) is -0.363. The zero-order valence-electron chi connectivity index (χ0n) is 43.8. The molecule has 6 rings (SSSR count). The largest absolute Gasteiger partial charge is 0.491 e. The van der Waals surface area contributed by atoms with Gasteiger partial charge in [0.25, 0.3) is 0 Å². The third-order valence-corrected chi connectivity index (χ3v) is 13.7. The van der Waals surface area contributed by atoms with E-state index in [1.807, 2.05) is 61.5 Å². The van der Waals surface area contributed by atoms with E-state index in [1.54, 1.807) is 0 Å². The molecule has 4 aromatic rings. The molecule has 4 aromatic carbocycles. The van der Waals surface area contributed by atoms with E-state index in [1.165, 1.54) is 22.3 Å². The molecule has 0 aliphatic carbocycles. The van der Waals surface area contributed by atoms with Gasteiger partial charge in [0, 0.05) is 10.8 Å². The van der Waals surface area contributed by atoms with E-state index >= 15 is 0 Å². The highest BCUT2D eigenvalue weighted by Gasteiger charge is 2.36. The van der Waals surface area contributed by atoms with Crippen LogP contribution in [0, 0.1) is 27.7 Å². The van der Waals surface area contributed by atoms with E-state index in [2.05, 4.69) is 115 Å². The summed E-state index contributed by atoms with van der Waals surface area (Å²) < 4.78 is 40.7. The predicted octanol–water partition coefficient (Wildman–Crippen LogP) is 12.4. The van der Waals surface area contributed by atoms with E-state index in [-0.39, 0.29) is 41.8 Å². The lowest BCUT2D eigenvalue weighted by atomic mass is 9.70. The highest BCUT2D eigenvalue weighted by Crippen LogP contribution is 2.43. The first-order valence-corrected chi connectivity index (χ1v) is 24.6. The van der Waals surface area contributed by atoms with E-state index in [0.29, 0.717) is 26.4 Å². The van der Waals surface area contributed by atoms with Crippen molar-refractivity contribution in [1.29, 1.82) is 0 Å². The van der Waals surface area contributed by atoms with Gasteiger partial charge in [0.05, 0.1) is 26.1 Å². The summed E-state index contributed by atoms with van der Waals surface area (Å²) in [7, 11) is 0. The minimum absolute atomic E-state index is 0.0510. The molecule has 1 N–H and O–H groups in total. The van der Waals surface area contributed by atoms with Crippen LogP contribution in [0.4, 0.5) is 0 Å². The number of rotatable bonds is 18. The summed E-state index contributed by atoms with van der Waals surface area (Å²) >= 11 is 0. The van der Waals surface area contributed by atoms with Gasteiger partial charge in [0.1, 0.15) is 42.5 Å². The van der Waals surface area contributed by atoms with Crippen molar-refractivity contribution >= 4 is 11.9 Å². The summed E-state index contributed by atoms with van der Waals surface area (Å²) in [5.41, 5.74) is 10.5. The quantitative estimate of drug-likeness (QED) is 0.0966. The maximum atomic E-state index is 12.4. The van der Waals surface area contributed by atoms with Gasteiger partial charge in [-0.05, 0) is 170 Å². The van der Waals surface area contributed by atoms with Gasteiger partial charge in [0.15, 0.2) is 11.6 Å². The number of carboxylic acid groups (broad SMARTS) is 1. The minimum atomic E-state index is -0.803. The molecule has 0 spiro atoms. The molecule has 0 aromatic heterocycles. The lowest BCUT2D eigenvalue weighted by Crippen LogP contribution is -2.27. The third kappa shape index (κ3) is 13.5. The van der Waals surface area contributed by atoms with Crippen LogP contribution in [0.1, 0.15) is 157 Å². The molecule has 10 heteroatoms. The fraction of sp³-hybridized carbons (Fsp3) is 0.552. The molecule has 0 saturated carbocycles. The van der Waals surface area contributed by atoms with Gasteiger partial charge < -0.3 is 38.3 Å². The fourth-order valence-corrected chi connectivity index (χ4v) is 9.82. The van der Waals surface area contributed by atoms with Gasteiger partial charge in [0.2, 0.25) is 0 Å². The Labute approximate surface area is 407 Å². The van der Waals surface area contributed by atoms with Crippen LogP contribution in [0.2, 0.25) is 0 Å². The number of aryl methyl sites for hydroxylation is 4. The Morgan fingerprint density at radius 1 is 0.574 bits per heavy atom. The molecule has 2 saturated heterocycles. The third-order valence-electron chi connectivity index (χ3n) is 13.7. The van der Waals surface area contributed by atoms with Crippen molar-refractivity contribution in [3.63, 3.8) is 0 Å². The summed E-state index contributed by atoms with van der Waals surface area (Å²) in [6.45, 7) is 32.5. The number of hydrogen-bond acceptors (Lipinski definition) is 9. The Morgan fingerprint density at radius 3 is 1.22 bits per heavy atom. The van der Waals surface area contributed by atoms with Gasteiger partial charge in [-0.25, -0.2) is 0 Å². The number of esters is 1. The van der Waals surface area contributed by atoms with E-state index in [4.69, 9.17) is 38.3 Å². The summed E-state index contributed by atoms with van der Waals surface area (Å²) in [6, 6.07) is 25.7. The Balaban J connectivity index is 0.000000256. The van der Waals surface area contributed by atoms with Crippen LogP contribution in [0.25, 0.3) is 0 Å². The van der Waals surface area contributed by atoms with Crippen molar-refractivity contribution in [2.75, 3.05) is 26.4 Å². The molecular formula is C58H80O10. The van der Waals surface area contributed by atoms with Crippen molar-refractivity contribution in [3.8, 4) is 11.5 Å². The first-order valence-electron chi connectivity index (χ1n) is 24.6. The van der Waals surface area contributed by atoms with Gasteiger partial charge in [-0.2, -0.15) is 0 Å². The lowest BCUT2D eigenvalue weighted by Gasteiger charge is -2.34. The monoisotopic (exact) mass is 937 g/mol. The molecule has 2 atom stereocenters. The van der Waals surface area contributed by atoms with Gasteiger partial charge in [-0.1, -0.05) is 88.4 Å². The summed E-state index contributed by atoms with van der Waals surface area (Å²) in [4.78, 5) is 23.5. The minimum Gasteiger partial charge on any atom is -0.491 e. The summed E-state index contributed by atoms with van der Waals surface area (Å²) in [5, 5.41) is 9.16. The second-order valence-corrected chi connectivity index (χ2v) is 20.7. The summed E-state index contributed by atoms with van der Waals surface area (Å²) in [6.07, 6.45) is 4.04. The molecule has 10 nitrogen and oxygen atoms in total. The maximum Gasteiger partial charge on any atom is 0.310 e. The first kappa shape index (κ1) is 54.2. The molecule has 372 valence electrons. The number of ether oxygens (including phenoxy) is 7. The fourth-order valence-electron chi connectivity index (χ4n) is 9.82. The Hall–Kier alpha value is -4.74. The van der Waals surface area contributed by atoms with Crippen LogP contribution in [-0.4, -0.2) is 72.9 Å². The van der Waals surface area contributed by atoms with E-state index in [9.17, 15) is 9.59 Å². The van der Waals surface area contributed by atoms with E-state index < -0.39 is 23.1 Å². The standard InChI is InChI=1S/C31H44O5.C27H36O5/c1-10-31(11-2,24-13-12-23(21(3)16-24)18-28(32)36-29(5,6)7)25-14-15-27(22(4)17-25)33-19-26-20-34-30(8,9)35-26;1-7-27(8-2,21-10-9-20(15-25(28)29)18(3)13-21)22-11-12-24(19(4)14-22)30-16-23-17-31-26(5,6)32-23/h12-17,26H,10-11,18-20H2,1-9H3;9-14,23H,7-8,15-17H2,1-6H3,(H,28,29)/t26-;23-/m11/s1. The van der Waals surface area contributed by atoms with Crippen LogP contribution in [0.15, 0.2) is 72.8 Å². The molecular weight excluding hydrogens is 857 g/mol. The number of carbonyl (C=O) groups excluding carboxylic acids is 1. The molecule has 2 aliphatic rings. The zero-order chi connectivity index (χ0) is 50.2. The smallest absolute Gasteiger partial charge is 0.310 e. The van der Waals surface area contributed by atoms with Crippen LogP contribution in [0.3, 0.4) is 0 Å². The molecule has 0 unspecified atom stereocenters. The second-order valence-electron chi connectivity index (χ2n) is 20.7. The Kier molecular flexibility index (Phi) is 17.8. The van der Waals surface area contributed by atoms with Crippen molar-refractivity contribution < 1.29 is 47.9 Å². The molecule has 2 aliphatic heterocycles. The normalized spacial score (nSPS) is 17.9. The molecule has 0 bridgehead atoms. The SMILES string of the molecule is CCC(CC)(c1ccc(CC(=O)O)c(C)c1)c1ccc(OC[C@@H]2COC(C)(C)O2)c(C)c1.CCC(CC)(c1ccc(CC(=O)OC(C)(C)C)c(C)c1)c1ccc(OC[C@@H]2COC(C)(C)O2)c(C)c1. The maximum absolute atomic E-state index is 12.4. The molecule has 2 fully saturated rings. The molecule has 0 amide bonds. The molecule has 0 radical (unpaired) electrons. The van der Waals surface area contributed by atoms with E-state index in [0.717, 1.165) is 70.6 Å². The average Bonchev–Trinajstić information content (AvgIpc) is 3.81. The molecule has 68 heavy (non-hydrogen) atoms. The van der Waals surface area contributed by atoms with Crippen molar-refractivity contribution in [3.05, 3.63) is 128 Å². The van der Waals surface area contributed by atoms with Crippen molar-refractivity contribution in [2.24, 2.45) is 0 Å². The second kappa shape index (κ2) is 22.3. The zero-order valence-corrected chi connectivity index (χ0v) is 43.8. The number of benzene rings is 4. The van der Waals surface area contributed by atoms with Gasteiger partial charge >= 0.3 is 11.9 Å². The van der Waals surface area contributed by atoms with Gasteiger partial charge in [-0.15, -0.1) is 0 Å². The Bertz CT molecular complexity index is 2350. The first-order chi connectivity index (χ1) is 31.9. The number of hydrogen-bond donors (Lipinski definition) is 1. The van der Waals surface area contributed by atoms with Crippen LogP contribution >= 0.6 is 0 Å². The van der Waals surface area contributed by atoms with Crippen molar-refractivity contribution in [1.82, 2.24) is 0 Å². The number of aliphatic carboxylic acids is 1. The Morgan fingerprint density at radius 2 is 0.926 bits per heavy atom. The van der Waals surface area contributed by atoms with Crippen LogP contribution in [-0.2, 0) is 56.9 Å². The number of carboxylic acids is 1. The van der Waals surface area contributed by atoms with Crippen LogP contribution in [0.5, 0.6) is 11.5 Å².